The van der Waals surface area contributed by atoms with Crippen LogP contribution in [0.25, 0.3) is 0 Å². The van der Waals surface area contributed by atoms with Crippen LogP contribution >= 0.6 is 0 Å². The van der Waals surface area contributed by atoms with Crippen molar-refractivity contribution in [3.63, 3.8) is 0 Å². The molecule has 1 aromatic carbocycles. The van der Waals surface area contributed by atoms with E-state index in [9.17, 15) is 18.0 Å². The van der Waals surface area contributed by atoms with Crippen molar-refractivity contribution in [3.05, 3.63) is 59.6 Å². The third kappa shape index (κ3) is 3.66. The van der Waals surface area contributed by atoms with Gasteiger partial charge in [0.05, 0.1) is 33.7 Å². The number of allylic oxidation sites excluding steroid dienone is 2. The van der Waals surface area contributed by atoms with E-state index in [4.69, 9.17) is 0 Å². The summed E-state index contributed by atoms with van der Waals surface area (Å²) in [5, 5.41) is 6.33. The lowest BCUT2D eigenvalue weighted by atomic mass is 9.92. The predicted molar refractivity (Wildman–Crippen MR) is 109 cm³/mol. The number of carbonyl (C=O) groups excluding carboxylic acids is 2. The summed E-state index contributed by atoms with van der Waals surface area (Å²) in [5.41, 5.74) is 1.61. The fourth-order valence-electron chi connectivity index (χ4n) is 3.60. The summed E-state index contributed by atoms with van der Waals surface area (Å²) in [5.74, 6) is -0.948. The monoisotopic (exact) mass is 412 g/mol. The van der Waals surface area contributed by atoms with Gasteiger partial charge >= 0.3 is 0 Å². The highest BCUT2D eigenvalue weighted by molar-refractivity contribution is 7.90. The predicted octanol–water partition coefficient (Wildman–Crippen LogP) is 1.27. The van der Waals surface area contributed by atoms with Gasteiger partial charge in [-0.25, -0.2) is 8.42 Å². The lowest BCUT2D eigenvalue weighted by molar-refractivity contribution is 0.0983. The van der Waals surface area contributed by atoms with E-state index in [0.29, 0.717) is 5.69 Å². The number of fused-ring (bicyclic) bond motifs is 1. The van der Waals surface area contributed by atoms with Crippen LogP contribution < -0.4 is 15.5 Å². The number of anilines is 2. The number of nitrogens with one attached hydrogen (secondary N) is 2. The smallest absolute Gasteiger partial charge is 0.210 e. The Bertz CT molecular complexity index is 1130. The SMILES string of the molecule is CS(=O)(=O)c1cccc2c1C(=O)C=C(Nc1cnccc1N1CCNCC1)C2=O. The van der Waals surface area contributed by atoms with Gasteiger partial charge in [0.25, 0.3) is 0 Å². The van der Waals surface area contributed by atoms with E-state index < -0.39 is 21.4 Å². The maximum Gasteiger partial charge on any atom is 0.210 e. The van der Waals surface area contributed by atoms with E-state index in [1.54, 1.807) is 12.4 Å². The van der Waals surface area contributed by atoms with Crippen LogP contribution in [0.1, 0.15) is 20.7 Å². The fraction of sp³-hybridized carbons (Fsp3) is 0.250. The van der Waals surface area contributed by atoms with Gasteiger partial charge in [0.15, 0.2) is 15.6 Å². The Morgan fingerprint density at radius 2 is 1.90 bits per heavy atom. The van der Waals surface area contributed by atoms with Crippen molar-refractivity contribution in [2.75, 3.05) is 42.7 Å². The van der Waals surface area contributed by atoms with E-state index in [2.05, 4.69) is 20.5 Å². The van der Waals surface area contributed by atoms with Crippen molar-refractivity contribution in [2.24, 2.45) is 0 Å². The standard InChI is InChI=1S/C20H20N4O4S/c1-29(27,28)18-4-2-3-13-19(18)17(25)11-14(20(13)26)23-15-12-22-6-5-16(15)24-9-7-21-8-10-24/h2-6,11-12,21,23H,7-10H2,1H3. The molecule has 1 saturated heterocycles. The molecule has 0 radical (unpaired) electrons. The number of carbonyl (C=O) groups is 2. The van der Waals surface area contributed by atoms with Crippen molar-refractivity contribution < 1.29 is 18.0 Å². The molecule has 2 heterocycles. The molecule has 2 aromatic rings. The minimum Gasteiger partial charge on any atom is -0.367 e. The second kappa shape index (κ2) is 7.41. The average molecular weight is 412 g/mol. The number of ketones is 2. The third-order valence-corrected chi connectivity index (χ3v) is 6.10. The highest BCUT2D eigenvalue weighted by atomic mass is 32.2. The van der Waals surface area contributed by atoms with E-state index in [1.807, 2.05) is 6.07 Å². The molecule has 4 rings (SSSR count). The summed E-state index contributed by atoms with van der Waals surface area (Å²) in [4.78, 5) is 31.9. The van der Waals surface area contributed by atoms with E-state index in [0.717, 1.165) is 44.2 Å². The first-order valence-electron chi connectivity index (χ1n) is 9.17. The first-order chi connectivity index (χ1) is 13.9. The number of piperazine rings is 1. The summed E-state index contributed by atoms with van der Waals surface area (Å²) in [6.07, 6.45) is 5.47. The molecule has 1 fully saturated rings. The van der Waals surface area contributed by atoms with E-state index in [1.165, 1.54) is 18.2 Å². The van der Waals surface area contributed by atoms with Crippen LogP contribution in [-0.2, 0) is 9.84 Å². The Hall–Kier alpha value is -3.04. The highest BCUT2D eigenvalue weighted by Crippen LogP contribution is 2.31. The molecular formula is C20H20N4O4S. The van der Waals surface area contributed by atoms with Gasteiger partial charge in [0.1, 0.15) is 0 Å². The zero-order valence-corrected chi connectivity index (χ0v) is 16.6. The van der Waals surface area contributed by atoms with Crippen LogP contribution in [0.15, 0.2) is 53.3 Å². The summed E-state index contributed by atoms with van der Waals surface area (Å²) in [6, 6.07) is 6.15. The Balaban J connectivity index is 1.70. The lowest BCUT2D eigenvalue weighted by Crippen LogP contribution is -2.43. The summed E-state index contributed by atoms with van der Waals surface area (Å²) in [6.45, 7) is 3.32. The van der Waals surface area contributed by atoms with Gasteiger partial charge < -0.3 is 15.5 Å². The lowest BCUT2D eigenvalue weighted by Gasteiger charge is -2.31. The number of pyridine rings is 1. The van der Waals surface area contributed by atoms with Crippen LogP contribution in [0, 0.1) is 0 Å². The zero-order valence-electron chi connectivity index (χ0n) is 15.8. The van der Waals surface area contributed by atoms with Gasteiger partial charge in [-0.15, -0.1) is 0 Å². The summed E-state index contributed by atoms with van der Waals surface area (Å²) in [7, 11) is -3.64. The van der Waals surface area contributed by atoms with E-state index >= 15 is 0 Å². The molecule has 1 aliphatic carbocycles. The quantitative estimate of drug-likeness (QED) is 0.773. The third-order valence-electron chi connectivity index (χ3n) is 4.96. The molecule has 150 valence electrons. The minimum absolute atomic E-state index is 0.0703. The molecule has 0 bridgehead atoms. The number of hydrogen-bond acceptors (Lipinski definition) is 8. The summed E-state index contributed by atoms with van der Waals surface area (Å²) < 4.78 is 24.1. The number of aromatic nitrogens is 1. The maximum atomic E-state index is 13.0. The van der Waals surface area contributed by atoms with Crippen molar-refractivity contribution in [3.8, 4) is 0 Å². The summed E-state index contributed by atoms with van der Waals surface area (Å²) >= 11 is 0. The van der Waals surface area contributed by atoms with Crippen molar-refractivity contribution >= 4 is 32.8 Å². The van der Waals surface area contributed by atoms with Crippen molar-refractivity contribution in [2.45, 2.75) is 4.90 Å². The van der Waals surface area contributed by atoms with Gasteiger partial charge in [-0.1, -0.05) is 12.1 Å². The topological polar surface area (TPSA) is 108 Å². The molecule has 2 N–H and O–H groups in total. The van der Waals surface area contributed by atoms with Gasteiger partial charge in [-0.2, -0.15) is 0 Å². The van der Waals surface area contributed by atoms with Crippen LogP contribution in [0.4, 0.5) is 11.4 Å². The van der Waals surface area contributed by atoms with Crippen LogP contribution in [-0.4, -0.2) is 57.4 Å². The van der Waals surface area contributed by atoms with E-state index in [-0.39, 0.29) is 21.7 Å². The zero-order chi connectivity index (χ0) is 20.6. The molecule has 8 nitrogen and oxygen atoms in total. The molecule has 9 heteroatoms. The van der Waals surface area contributed by atoms with Gasteiger partial charge in [0.2, 0.25) is 5.78 Å². The number of Topliss-reactive ketones (excluding diaryl/α,β-unsaturated/α-hetero) is 1. The molecule has 0 atom stereocenters. The highest BCUT2D eigenvalue weighted by Gasteiger charge is 2.31. The molecule has 0 spiro atoms. The second-order valence-corrected chi connectivity index (χ2v) is 8.94. The average Bonchev–Trinajstić information content (AvgIpc) is 2.72. The van der Waals surface area contributed by atoms with Crippen LogP contribution in [0.3, 0.4) is 0 Å². The Kier molecular flexibility index (Phi) is 4.93. The Morgan fingerprint density at radius 1 is 1.14 bits per heavy atom. The molecule has 0 amide bonds. The first-order valence-corrected chi connectivity index (χ1v) is 11.1. The maximum absolute atomic E-state index is 13.0. The normalized spacial score (nSPS) is 17.0. The molecule has 0 unspecified atom stereocenters. The fourth-order valence-corrected chi connectivity index (χ4v) is 4.51. The molecule has 1 aliphatic heterocycles. The van der Waals surface area contributed by atoms with Gasteiger partial charge in [-0.3, -0.25) is 14.6 Å². The number of hydrogen-bond donors (Lipinski definition) is 2. The minimum atomic E-state index is -3.64. The molecule has 1 aromatic heterocycles. The number of sulfone groups is 1. The van der Waals surface area contributed by atoms with Crippen molar-refractivity contribution in [1.29, 1.82) is 0 Å². The molecule has 29 heavy (non-hydrogen) atoms. The second-order valence-electron chi connectivity index (χ2n) is 6.96. The number of rotatable bonds is 4. The van der Waals surface area contributed by atoms with Gasteiger partial charge in [-0.05, 0) is 12.1 Å². The number of benzene rings is 1. The molecule has 2 aliphatic rings. The Morgan fingerprint density at radius 3 is 2.62 bits per heavy atom. The van der Waals surface area contributed by atoms with Crippen LogP contribution in [0.2, 0.25) is 0 Å². The van der Waals surface area contributed by atoms with Crippen LogP contribution in [0.5, 0.6) is 0 Å². The molecular weight excluding hydrogens is 392 g/mol. The largest absolute Gasteiger partial charge is 0.367 e. The Labute approximate surface area is 168 Å². The van der Waals surface area contributed by atoms with Gasteiger partial charge in [0, 0.05) is 50.3 Å². The molecule has 0 saturated carbocycles. The van der Waals surface area contributed by atoms with Crippen molar-refractivity contribution in [1.82, 2.24) is 10.3 Å². The first kappa shape index (κ1) is 19.3. The number of nitrogens with zero attached hydrogens (tertiary/aromatic N) is 2.